The Morgan fingerprint density at radius 3 is 2.71 bits per heavy atom. The summed E-state index contributed by atoms with van der Waals surface area (Å²) in [5, 5.41) is 0. The predicted octanol–water partition coefficient (Wildman–Crippen LogP) is 2.47. The lowest BCUT2D eigenvalue weighted by Gasteiger charge is -2.30. The number of hydrogen-bond acceptors (Lipinski definition) is 3. The molecule has 2 aliphatic rings. The lowest BCUT2D eigenvalue weighted by Crippen LogP contribution is -2.50. The molecule has 0 unspecified atom stereocenters. The maximum Gasteiger partial charge on any atom is 0.326 e. The molecule has 2 aliphatic carbocycles. The van der Waals surface area contributed by atoms with Gasteiger partial charge in [-0.25, -0.2) is 0 Å². The van der Waals surface area contributed by atoms with Crippen LogP contribution in [0, 0.1) is 0 Å². The SMILES string of the molecule is NC1(C(=O)OCC2=CCCC=C2)CCCCC1. The lowest BCUT2D eigenvalue weighted by molar-refractivity contribution is -0.150. The quantitative estimate of drug-likeness (QED) is 0.764. The van der Waals surface area contributed by atoms with E-state index in [-0.39, 0.29) is 5.97 Å². The van der Waals surface area contributed by atoms with E-state index < -0.39 is 5.54 Å². The van der Waals surface area contributed by atoms with Crippen LogP contribution in [0.5, 0.6) is 0 Å². The molecule has 0 spiro atoms. The second kappa shape index (κ2) is 5.50. The Labute approximate surface area is 103 Å². The zero-order valence-corrected chi connectivity index (χ0v) is 10.3. The van der Waals surface area contributed by atoms with Crippen molar-refractivity contribution < 1.29 is 9.53 Å². The summed E-state index contributed by atoms with van der Waals surface area (Å²) < 4.78 is 5.34. The van der Waals surface area contributed by atoms with Gasteiger partial charge in [-0.15, -0.1) is 0 Å². The summed E-state index contributed by atoms with van der Waals surface area (Å²) in [5.74, 6) is -0.225. The number of ether oxygens (including phenoxy) is 1. The first-order valence-corrected chi connectivity index (χ1v) is 6.52. The number of rotatable bonds is 3. The van der Waals surface area contributed by atoms with Gasteiger partial charge in [-0.2, -0.15) is 0 Å². The molecular weight excluding hydrogens is 214 g/mol. The monoisotopic (exact) mass is 235 g/mol. The Morgan fingerprint density at radius 2 is 2.06 bits per heavy atom. The highest BCUT2D eigenvalue weighted by atomic mass is 16.5. The topological polar surface area (TPSA) is 52.3 Å². The van der Waals surface area contributed by atoms with E-state index in [1.165, 1.54) is 6.42 Å². The first-order chi connectivity index (χ1) is 8.21. The number of nitrogens with two attached hydrogens (primary N) is 1. The molecule has 3 nitrogen and oxygen atoms in total. The van der Waals surface area contributed by atoms with E-state index >= 15 is 0 Å². The third kappa shape index (κ3) is 3.19. The number of carbonyl (C=O) groups excluding carboxylic acids is 1. The Balaban J connectivity index is 1.84. The van der Waals surface area contributed by atoms with E-state index in [1.807, 2.05) is 6.08 Å². The summed E-state index contributed by atoms with van der Waals surface area (Å²) in [7, 11) is 0. The number of hydrogen-bond donors (Lipinski definition) is 1. The van der Waals surface area contributed by atoms with Crippen LogP contribution >= 0.6 is 0 Å². The minimum absolute atomic E-state index is 0.225. The van der Waals surface area contributed by atoms with Crippen LogP contribution < -0.4 is 5.73 Å². The zero-order chi connectivity index (χ0) is 12.1. The van der Waals surface area contributed by atoms with Crippen molar-refractivity contribution in [1.29, 1.82) is 0 Å². The van der Waals surface area contributed by atoms with Gasteiger partial charge in [0.25, 0.3) is 0 Å². The van der Waals surface area contributed by atoms with Gasteiger partial charge in [-0.3, -0.25) is 4.79 Å². The molecule has 0 amide bonds. The van der Waals surface area contributed by atoms with Crippen molar-refractivity contribution in [2.24, 2.45) is 5.73 Å². The third-order valence-corrected chi connectivity index (χ3v) is 3.59. The second-order valence-corrected chi connectivity index (χ2v) is 5.05. The van der Waals surface area contributed by atoms with Crippen LogP contribution in [0.25, 0.3) is 0 Å². The van der Waals surface area contributed by atoms with Crippen LogP contribution in [-0.4, -0.2) is 18.1 Å². The molecule has 94 valence electrons. The number of allylic oxidation sites excluding steroid dienone is 2. The van der Waals surface area contributed by atoms with E-state index in [4.69, 9.17) is 10.5 Å². The standard InChI is InChI=1S/C14H21NO2/c15-14(9-5-2-6-10-14)13(16)17-11-12-7-3-1-4-8-12/h3,7-8H,1-2,4-6,9-11,15H2. The fraction of sp³-hybridized carbons (Fsp3) is 0.643. The van der Waals surface area contributed by atoms with Gasteiger partial charge in [0.15, 0.2) is 0 Å². The molecule has 0 saturated heterocycles. The maximum atomic E-state index is 12.0. The van der Waals surface area contributed by atoms with Gasteiger partial charge < -0.3 is 10.5 Å². The lowest BCUT2D eigenvalue weighted by atomic mass is 9.83. The smallest absolute Gasteiger partial charge is 0.326 e. The molecule has 0 aliphatic heterocycles. The van der Waals surface area contributed by atoms with Gasteiger partial charge in [0.1, 0.15) is 12.1 Å². The summed E-state index contributed by atoms with van der Waals surface area (Å²) in [5.41, 5.74) is 6.47. The molecule has 0 radical (unpaired) electrons. The molecule has 2 N–H and O–H groups in total. The van der Waals surface area contributed by atoms with Gasteiger partial charge in [-0.05, 0) is 31.3 Å². The molecule has 2 rings (SSSR count). The van der Waals surface area contributed by atoms with Crippen LogP contribution in [-0.2, 0) is 9.53 Å². The van der Waals surface area contributed by atoms with Crippen LogP contribution in [0.15, 0.2) is 23.8 Å². The largest absolute Gasteiger partial charge is 0.459 e. The molecular formula is C14H21NO2. The van der Waals surface area contributed by atoms with Crippen LogP contribution in [0.2, 0.25) is 0 Å². The molecule has 17 heavy (non-hydrogen) atoms. The van der Waals surface area contributed by atoms with E-state index in [1.54, 1.807) is 0 Å². The summed E-state index contributed by atoms with van der Waals surface area (Å²) in [6.45, 7) is 0.369. The van der Waals surface area contributed by atoms with Gasteiger partial charge in [-0.1, -0.05) is 37.5 Å². The molecule has 0 aromatic rings. The Hall–Kier alpha value is -1.09. The van der Waals surface area contributed by atoms with Crippen molar-refractivity contribution in [3.05, 3.63) is 23.8 Å². The van der Waals surface area contributed by atoms with E-state index in [2.05, 4.69) is 12.2 Å². The Morgan fingerprint density at radius 1 is 1.29 bits per heavy atom. The normalized spacial score (nSPS) is 23.0. The van der Waals surface area contributed by atoms with Crippen molar-refractivity contribution in [2.45, 2.75) is 50.5 Å². The first kappa shape index (κ1) is 12.4. The maximum absolute atomic E-state index is 12.0. The molecule has 1 saturated carbocycles. The summed E-state index contributed by atoms with van der Waals surface area (Å²) in [6.07, 6.45) is 13.2. The number of esters is 1. The molecule has 3 heteroatoms. The fourth-order valence-corrected chi connectivity index (χ4v) is 2.45. The summed E-state index contributed by atoms with van der Waals surface area (Å²) >= 11 is 0. The first-order valence-electron chi connectivity index (χ1n) is 6.52. The van der Waals surface area contributed by atoms with Gasteiger partial charge in [0.2, 0.25) is 0 Å². The van der Waals surface area contributed by atoms with Crippen molar-refractivity contribution >= 4 is 5.97 Å². The van der Waals surface area contributed by atoms with Gasteiger partial charge >= 0.3 is 5.97 Å². The third-order valence-electron chi connectivity index (χ3n) is 3.59. The van der Waals surface area contributed by atoms with Gasteiger partial charge in [0.05, 0.1) is 0 Å². The minimum atomic E-state index is -0.725. The fourth-order valence-electron chi connectivity index (χ4n) is 2.45. The summed E-state index contributed by atoms with van der Waals surface area (Å²) in [4.78, 5) is 12.0. The molecule has 1 fully saturated rings. The summed E-state index contributed by atoms with van der Waals surface area (Å²) in [6, 6.07) is 0. The zero-order valence-electron chi connectivity index (χ0n) is 10.3. The molecule has 0 aromatic carbocycles. The van der Waals surface area contributed by atoms with Gasteiger partial charge in [0, 0.05) is 0 Å². The highest BCUT2D eigenvalue weighted by Gasteiger charge is 2.36. The average molecular weight is 235 g/mol. The molecule has 0 heterocycles. The highest BCUT2D eigenvalue weighted by molar-refractivity contribution is 5.80. The predicted molar refractivity (Wildman–Crippen MR) is 67.4 cm³/mol. The van der Waals surface area contributed by atoms with E-state index in [9.17, 15) is 4.79 Å². The van der Waals surface area contributed by atoms with Crippen LogP contribution in [0.3, 0.4) is 0 Å². The molecule has 0 aromatic heterocycles. The second-order valence-electron chi connectivity index (χ2n) is 5.05. The van der Waals surface area contributed by atoms with Crippen molar-refractivity contribution in [3.63, 3.8) is 0 Å². The van der Waals surface area contributed by atoms with Crippen molar-refractivity contribution in [2.75, 3.05) is 6.61 Å². The van der Waals surface area contributed by atoms with Crippen molar-refractivity contribution in [1.82, 2.24) is 0 Å². The van der Waals surface area contributed by atoms with E-state index in [0.29, 0.717) is 6.61 Å². The Bertz CT molecular complexity index is 338. The highest BCUT2D eigenvalue weighted by Crippen LogP contribution is 2.27. The molecule has 0 atom stereocenters. The molecule has 0 bridgehead atoms. The number of carbonyl (C=O) groups is 1. The van der Waals surface area contributed by atoms with Crippen LogP contribution in [0.1, 0.15) is 44.9 Å². The Kier molecular flexibility index (Phi) is 4.00. The average Bonchev–Trinajstić information content (AvgIpc) is 2.38. The van der Waals surface area contributed by atoms with E-state index in [0.717, 1.165) is 44.1 Å². The van der Waals surface area contributed by atoms with Crippen molar-refractivity contribution in [3.8, 4) is 0 Å². The van der Waals surface area contributed by atoms with Crippen LogP contribution in [0.4, 0.5) is 0 Å². The minimum Gasteiger partial charge on any atom is -0.459 e.